The molecule has 4 rings (SSSR count). The van der Waals surface area contributed by atoms with Crippen LogP contribution in [0, 0.1) is 0 Å². The predicted octanol–water partition coefficient (Wildman–Crippen LogP) is 4.64. The van der Waals surface area contributed by atoms with Gasteiger partial charge in [-0.3, -0.25) is 4.79 Å². The van der Waals surface area contributed by atoms with Crippen LogP contribution in [0.1, 0.15) is 11.3 Å². The fraction of sp³-hybridized carbons (Fsp3) is 0.0909. The minimum absolute atomic E-state index is 0.143. The monoisotopic (exact) mass is 376 g/mol. The molecule has 4 nitrogen and oxygen atoms in total. The van der Waals surface area contributed by atoms with Crippen LogP contribution in [0.25, 0.3) is 16.5 Å². The molecule has 0 unspecified atom stereocenters. The third-order valence-electron chi connectivity index (χ3n) is 4.48. The van der Waals surface area contributed by atoms with Gasteiger partial charge in [-0.15, -0.1) is 0 Å². The van der Waals surface area contributed by atoms with Gasteiger partial charge in [-0.2, -0.15) is 9.78 Å². The maximum Gasteiger partial charge on any atom is 0.279 e. The van der Waals surface area contributed by atoms with Crippen molar-refractivity contribution < 1.29 is 4.74 Å². The van der Waals surface area contributed by atoms with Crippen molar-refractivity contribution in [2.75, 3.05) is 7.11 Å². The van der Waals surface area contributed by atoms with Crippen molar-refractivity contribution in [1.82, 2.24) is 9.78 Å². The SMILES string of the molecule is COc1ccc(-n2nc(Cc3ccc(Cl)cc3)c3ccccc3c2=O)cc1. The highest BCUT2D eigenvalue weighted by atomic mass is 35.5. The lowest BCUT2D eigenvalue weighted by Crippen LogP contribution is -2.23. The summed E-state index contributed by atoms with van der Waals surface area (Å²) in [6, 6.07) is 22.5. The van der Waals surface area contributed by atoms with Crippen LogP contribution in [0.4, 0.5) is 0 Å². The summed E-state index contributed by atoms with van der Waals surface area (Å²) in [5.41, 5.74) is 2.47. The molecule has 0 amide bonds. The molecule has 3 aromatic carbocycles. The second-order valence-corrected chi connectivity index (χ2v) is 6.65. The maximum atomic E-state index is 13.0. The van der Waals surface area contributed by atoms with Crippen molar-refractivity contribution >= 4 is 22.4 Å². The van der Waals surface area contributed by atoms with Gasteiger partial charge in [0.1, 0.15) is 5.75 Å². The summed E-state index contributed by atoms with van der Waals surface area (Å²) in [6.07, 6.45) is 0.605. The smallest absolute Gasteiger partial charge is 0.279 e. The lowest BCUT2D eigenvalue weighted by molar-refractivity contribution is 0.414. The number of rotatable bonds is 4. The molecule has 27 heavy (non-hydrogen) atoms. The molecule has 1 heterocycles. The summed E-state index contributed by atoms with van der Waals surface area (Å²) in [5.74, 6) is 0.731. The molecule has 1 aromatic heterocycles. The first-order valence-corrected chi connectivity index (χ1v) is 8.93. The number of hydrogen-bond acceptors (Lipinski definition) is 3. The van der Waals surface area contributed by atoms with Crippen LogP contribution >= 0.6 is 11.6 Å². The molecule has 0 aliphatic heterocycles. The van der Waals surface area contributed by atoms with Gasteiger partial charge in [0.25, 0.3) is 5.56 Å². The van der Waals surface area contributed by atoms with E-state index in [1.807, 2.05) is 72.8 Å². The van der Waals surface area contributed by atoms with Gasteiger partial charge in [0.05, 0.1) is 23.9 Å². The minimum Gasteiger partial charge on any atom is -0.497 e. The Morgan fingerprint density at radius 3 is 2.26 bits per heavy atom. The lowest BCUT2D eigenvalue weighted by Gasteiger charge is -2.12. The predicted molar refractivity (Wildman–Crippen MR) is 108 cm³/mol. The Labute approximate surface area is 161 Å². The molecule has 0 N–H and O–H groups in total. The third-order valence-corrected chi connectivity index (χ3v) is 4.74. The Hall–Kier alpha value is -3.11. The quantitative estimate of drug-likeness (QED) is 0.521. The maximum absolute atomic E-state index is 13.0. The van der Waals surface area contributed by atoms with E-state index in [-0.39, 0.29) is 5.56 Å². The summed E-state index contributed by atoms with van der Waals surface area (Å²) in [7, 11) is 1.61. The van der Waals surface area contributed by atoms with Crippen molar-refractivity contribution in [3.63, 3.8) is 0 Å². The van der Waals surface area contributed by atoms with Gasteiger partial charge in [-0.1, -0.05) is 41.9 Å². The zero-order valence-electron chi connectivity index (χ0n) is 14.7. The van der Waals surface area contributed by atoms with Crippen LogP contribution in [0.15, 0.2) is 77.6 Å². The van der Waals surface area contributed by atoms with Crippen LogP contribution in [0.5, 0.6) is 5.75 Å². The summed E-state index contributed by atoms with van der Waals surface area (Å²) in [4.78, 5) is 13.0. The van der Waals surface area contributed by atoms with Crippen LogP contribution in [0.2, 0.25) is 5.02 Å². The number of hydrogen-bond donors (Lipinski definition) is 0. The fourth-order valence-corrected chi connectivity index (χ4v) is 3.21. The molecule has 0 fully saturated rings. The van der Waals surface area contributed by atoms with E-state index in [1.165, 1.54) is 4.68 Å². The first-order chi connectivity index (χ1) is 13.2. The number of fused-ring (bicyclic) bond motifs is 1. The normalized spacial score (nSPS) is 10.9. The highest BCUT2D eigenvalue weighted by molar-refractivity contribution is 6.30. The Morgan fingerprint density at radius 2 is 1.59 bits per heavy atom. The summed E-state index contributed by atoms with van der Waals surface area (Å²) in [6.45, 7) is 0. The average molecular weight is 377 g/mol. The van der Waals surface area contributed by atoms with Gasteiger partial charge in [-0.05, 0) is 48.0 Å². The first-order valence-electron chi connectivity index (χ1n) is 8.55. The molecular formula is C22H17ClN2O2. The molecule has 0 aliphatic rings. The Kier molecular flexibility index (Phi) is 4.65. The lowest BCUT2D eigenvalue weighted by atomic mass is 10.0. The van der Waals surface area contributed by atoms with Crippen LogP contribution in [-0.4, -0.2) is 16.9 Å². The topological polar surface area (TPSA) is 44.1 Å². The van der Waals surface area contributed by atoms with Gasteiger partial charge in [0.2, 0.25) is 0 Å². The van der Waals surface area contributed by atoms with Gasteiger partial charge >= 0.3 is 0 Å². The molecule has 5 heteroatoms. The second kappa shape index (κ2) is 7.25. The average Bonchev–Trinajstić information content (AvgIpc) is 2.72. The largest absolute Gasteiger partial charge is 0.497 e. The number of aromatic nitrogens is 2. The Morgan fingerprint density at radius 1 is 0.926 bits per heavy atom. The molecule has 0 saturated heterocycles. The van der Waals surface area contributed by atoms with Crippen molar-refractivity contribution in [3.8, 4) is 11.4 Å². The van der Waals surface area contributed by atoms with E-state index >= 15 is 0 Å². The van der Waals surface area contributed by atoms with Crippen LogP contribution in [-0.2, 0) is 6.42 Å². The van der Waals surface area contributed by atoms with Gasteiger partial charge in [-0.25, -0.2) is 0 Å². The number of ether oxygens (including phenoxy) is 1. The van der Waals surface area contributed by atoms with Crippen molar-refractivity contribution in [2.45, 2.75) is 6.42 Å². The van der Waals surface area contributed by atoms with E-state index in [0.29, 0.717) is 22.5 Å². The van der Waals surface area contributed by atoms with E-state index < -0.39 is 0 Å². The van der Waals surface area contributed by atoms with E-state index in [2.05, 4.69) is 5.10 Å². The second-order valence-electron chi connectivity index (χ2n) is 6.21. The summed E-state index contributed by atoms with van der Waals surface area (Å²) < 4.78 is 6.65. The van der Waals surface area contributed by atoms with E-state index in [9.17, 15) is 4.79 Å². The highest BCUT2D eigenvalue weighted by Gasteiger charge is 2.12. The van der Waals surface area contributed by atoms with Gasteiger partial charge < -0.3 is 4.74 Å². The number of nitrogens with zero attached hydrogens (tertiary/aromatic N) is 2. The van der Waals surface area contributed by atoms with Crippen molar-refractivity contribution in [1.29, 1.82) is 0 Å². The van der Waals surface area contributed by atoms with Crippen LogP contribution in [0.3, 0.4) is 0 Å². The van der Waals surface area contributed by atoms with E-state index in [4.69, 9.17) is 16.3 Å². The fourth-order valence-electron chi connectivity index (χ4n) is 3.08. The number of methoxy groups -OCH3 is 1. The van der Waals surface area contributed by atoms with E-state index in [0.717, 1.165) is 22.4 Å². The van der Waals surface area contributed by atoms with Gasteiger partial charge in [0, 0.05) is 16.8 Å². The van der Waals surface area contributed by atoms with E-state index in [1.54, 1.807) is 7.11 Å². The van der Waals surface area contributed by atoms with Crippen molar-refractivity contribution in [2.24, 2.45) is 0 Å². The molecule has 0 bridgehead atoms. The Bertz CT molecular complexity index is 1150. The summed E-state index contributed by atoms with van der Waals surface area (Å²) >= 11 is 5.99. The third kappa shape index (κ3) is 3.44. The van der Waals surface area contributed by atoms with Crippen molar-refractivity contribution in [3.05, 3.63) is 99.4 Å². The minimum atomic E-state index is -0.143. The molecule has 134 valence electrons. The van der Waals surface area contributed by atoms with Crippen LogP contribution < -0.4 is 10.3 Å². The zero-order chi connectivity index (χ0) is 18.8. The zero-order valence-corrected chi connectivity index (χ0v) is 15.5. The van der Waals surface area contributed by atoms with Gasteiger partial charge in [0.15, 0.2) is 0 Å². The molecule has 0 atom stereocenters. The molecular weight excluding hydrogens is 360 g/mol. The number of halogens is 1. The Balaban J connectivity index is 1.88. The molecule has 0 aliphatic carbocycles. The standard InChI is InChI=1S/C22H17ClN2O2/c1-27-18-12-10-17(11-13-18)25-22(26)20-5-3-2-4-19(20)21(24-25)14-15-6-8-16(23)9-7-15/h2-13H,14H2,1H3. The summed E-state index contributed by atoms with van der Waals surface area (Å²) in [5, 5.41) is 6.88. The molecule has 0 saturated carbocycles. The molecule has 0 radical (unpaired) electrons. The molecule has 0 spiro atoms. The highest BCUT2D eigenvalue weighted by Crippen LogP contribution is 2.20. The number of benzene rings is 3. The first kappa shape index (κ1) is 17.3. The molecule has 4 aromatic rings.